The minimum Gasteiger partial charge on any atom is -0.461 e. The van der Waals surface area contributed by atoms with E-state index in [1.54, 1.807) is 32.2 Å². The van der Waals surface area contributed by atoms with E-state index < -0.39 is 5.97 Å². The van der Waals surface area contributed by atoms with Gasteiger partial charge in [-0.25, -0.2) is 9.78 Å². The zero-order valence-corrected chi connectivity index (χ0v) is 12.0. The molecule has 19 heavy (non-hydrogen) atoms. The van der Waals surface area contributed by atoms with Crippen molar-refractivity contribution in [1.82, 2.24) is 4.98 Å². The largest absolute Gasteiger partial charge is 0.461 e. The molecule has 1 aromatic heterocycles. The Hall–Kier alpha value is -1.52. The molecule has 0 saturated carbocycles. The molecule has 0 radical (unpaired) electrons. The van der Waals surface area contributed by atoms with E-state index in [2.05, 4.69) is 10.3 Å². The number of halogens is 2. The molecule has 0 amide bonds. The second-order valence-corrected chi connectivity index (χ2v) is 4.65. The van der Waals surface area contributed by atoms with Gasteiger partial charge in [0.1, 0.15) is 0 Å². The Kier molecular flexibility index (Phi) is 4.12. The Morgan fingerprint density at radius 1 is 1.37 bits per heavy atom. The lowest BCUT2D eigenvalue weighted by atomic mass is 10.1. The van der Waals surface area contributed by atoms with Gasteiger partial charge in [0.05, 0.1) is 17.1 Å². The normalized spacial score (nSPS) is 10.5. The van der Waals surface area contributed by atoms with E-state index in [0.29, 0.717) is 27.9 Å². The Morgan fingerprint density at radius 3 is 2.74 bits per heavy atom. The molecule has 100 valence electrons. The van der Waals surface area contributed by atoms with E-state index in [1.165, 1.54) is 0 Å². The summed E-state index contributed by atoms with van der Waals surface area (Å²) in [6, 6.07) is 4.91. The number of esters is 1. The number of anilines is 1. The number of hydrogen-bond acceptors (Lipinski definition) is 4. The lowest BCUT2D eigenvalue weighted by molar-refractivity contribution is 0.0520. The average molecular weight is 299 g/mol. The molecule has 0 aliphatic carbocycles. The van der Waals surface area contributed by atoms with Crippen LogP contribution < -0.4 is 5.32 Å². The van der Waals surface area contributed by atoms with Gasteiger partial charge in [-0.3, -0.25) is 0 Å². The smallest absolute Gasteiger partial charge is 0.357 e. The van der Waals surface area contributed by atoms with Crippen molar-refractivity contribution < 1.29 is 9.53 Å². The number of nitrogens with zero attached hydrogens (tertiary/aromatic N) is 1. The number of benzene rings is 1. The van der Waals surface area contributed by atoms with Gasteiger partial charge in [0.15, 0.2) is 5.69 Å². The number of pyridine rings is 1. The van der Waals surface area contributed by atoms with Crippen molar-refractivity contribution in [3.63, 3.8) is 0 Å². The molecular formula is C13H12Cl2N2O2. The summed E-state index contributed by atoms with van der Waals surface area (Å²) in [5, 5.41) is 4.66. The second kappa shape index (κ2) is 5.63. The maximum absolute atomic E-state index is 11.7. The molecular weight excluding hydrogens is 287 g/mol. The van der Waals surface area contributed by atoms with Crippen LogP contribution in [0, 0.1) is 0 Å². The number of nitrogens with one attached hydrogen (secondary N) is 1. The fourth-order valence-electron chi connectivity index (χ4n) is 1.79. The Balaban J connectivity index is 2.68. The molecule has 1 N–H and O–H groups in total. The highest BCUT2D eigenvalue weighted by Crippen LogP contribution is 2.32. The van der Waals surface area contributed by atoms with Gasteiger partial charge in [0.2, 0.25) is 0 Å². The molecule has 4 nitrogen and oxygen atoms in total. The number of rotatable bonds is 3. The molecule has 2 aromatic rings. The highest BCUT2D eigenvalue weighted by atomic mass is 35.5. The van der Waals surface area contributed by atoms with Crippen molar-refractivity contribution in [2.24, 2.45) is 0 Å². The van der Waals surface area contributed by atoms with Crippen molar-refractivity contribution in [1.29, 1.82) is 0 Å². The lowest BCUT2D eigenvalue weighted by Gasteiger charge is -2.10. The maximum atomic E-state index is 11.7. The van der Waals surface area contributed by atoms with Gasteiger partial charge in [-0.15, -0.1) is 0 Å². The Morgan fingerprint density at radius 2 is 2.11 bits per heavy atom. The van der Waals surface area contributed by atoms with Gasteiger partial charge < -0.3 is 10.1 Å². The zero-order valence-electron chi connectivity index (χ0n) is 10.5. The van der Waals surface area contributed by atoms with Gasteiger partial charge in [-0.05, 0) is 25.1 Å². The van der Waals surface area contributed by atoms with Crippen molar-refractivity contribution in [3.05, 3.63) is 33.9 Å². The van der Waals surface area contributed by atoms with E-state index in [4.69, 9.17) is 27.9 Å². The summed E-state index contributed by atoms with van der Waals surface area (Å²) in [5.74, 6) is -0.475. The highest BCUT2D eigenvalue weighted by molar-refractivity contribution is 6.39. The summed E-state index contributed by atoms with van der Waals surface area (Å²) in [6.45, 7) is 2.04. The summed E-state index contributed by atoms with van der Waals surface area (Å²) in [5.41, 5.74) is 1.47. The van der Waals surface area contributed by atoms with E-state index in [-0.39, 0.29) is 5.69 Å². The predicted molar refractivity (Wildman–Crippen MR) is 77.3 cm³/mol. The number of fused-ring (bicyclic) bond motifs is 1. The summed E-state index contributed by atoms with van der Waals surface area (Å²) >= 11 is 12.1. The summed E-state index contributed by atoms with van der Waals surface area (Å²) in [6.07, 6.45) is 0. The number of aromatic nitrogens is 1. The van der Waals surface area contributed by atoms with E-state index in [1.807, 2.05) is 0 Å². The van der Waals surface area contributed by atoms with E-state index in [9.17, 15) is 4.79 Å². The molecule has 1 heterocycles. The van der Waals surface area contributed by atoms with Crippen molar-refractivity contribution >= 4 is 45.8 Å². The highest BCUT2D eigenvalue weighted by Gasteiger charge is 2.14. The molecule has 0 unspecified atom stereocenters. The van der Waals surface area contributed by atoms with Gasteiger partial charge in [-0.2, -0.15) is 0 Å². The molecule has 0 aliphatic heterocycles. The van der Waals surface area contributed by atoms with Crippen molar-refractivity contribution in [2.75, 3.05) is 19.0 Å². The van der Waals surface area contributed by atoms with E-state index >= 15 is 0 Å². The van der Waals surface area contributed by atoms with Crippen LogP contribution in [-0.4, -0.2) is 24.6 Å². The van der Waals surface area contributed by atoms with Crippen LogP contribution in [-0.2, 0) is 4.74 Å². The third-order valence-electron chi connectivity index (χ3n) is 2.58. The molecule has 0 fully saturated rings. The minimum absolute atomic E-state index is 0.219. The molecule has 1 aromatic carbocycles. The second-order valence-electron chi connectivity index (χ2n) is 3.81. The summed E-state index contributed by atoms with van der Waals surface area (Å²) < 4.78 is 4.94. The number of hydrogen-bond donors (Lipinski definition) is 1. The first-order valence-corrected chi connectivity index (χ1v) is 6.47. The van der Waals surface area contributed by atoms with Crippen LogP contribution in [0.3, 0.4) is 0 Å². The lowest BCUT2D eigenvalue weighted by Crippen LogP contribution is -2.08. The van der Waals surface area contributed by atoms with Crippen LogP contribution in [0.2, 0.25) is 10.0 Å². The third kappa shape index (κ3) is 2.74. The summed E-state index contributed by atoms with van der Waals surface area (Å²) in [7, 11) is 1.74. The van der Waals surface area contributed by atoms with Crippen LogP contribution in [0.25, 0.3) is 10.9 Å². The standard InChI is InChI=1S/C13H12Cl2N2O2/c1-3-19-13(18)11-6-9(16-2)12-8(15)4-7(14)5-10(12)17-11/h4-6H,3H2,1-2H3,(H,16,17). The predicted octanol–water partition coefficient (Wildman–Crippen LogP) is 3.76. The average Bonchev–Trinajstić information content (AvgIpc) is 2.37. The number of carbonyl (C=O) groups is 1. The maximum Gasteiger partial charge on any atom is 0.357 e. The Bertz CT molecular complexity index is 644. The number of carbonyl (C=O) groups excluding carboxylic acids is 1. The molecule has 0 saturated heterocycles. The molecule has 0 bridgehead atoms. The van der Waals surface area contributed by atoms with Crippen LogP contribution in [0.5, 0.6) is 0 Å². The molecule has 0 aliphatic rings. The van der Waals surface area contributed by atoms with E-state index in [0.717, 1.165) is 5.39 Å². The van der Waals surface area contributed by atoms with Gasteiger partial charge >= 0.3 is 5.97 Å². The first-order valence-electron chi connectivity index (χ1n) is 5.71. The van der Waals surface area contributed by atoms with Crippen molar-refractivity contribution in [3.8, 4) is 0 Å². The quantitative estimate of drug-likeness (QED) is 0.877. The zero-order chi connectivity index (χ0) is 14.0. The van der Waals surface area contributed by atoms with Gasteiger partial charge in [0, 0.05) is 23.1 Å². The van der Waals surface area contributed by atoms with Crippen LogP contribution in [0.4, 0.5) is 5.69 Å². The van der Waals surface area contributed by atoms with Crippen LogP contribution >= 0.6 is 23.2 Å². The van der Waals surface area contributed by atoms with Gasteiger partial charge in [-0.1, -0.05) is 23.2 Å². The van der Waals surface area contributed by atoms with Crippen LogP contribution in [0.1, 0.15) is 17.4 Å². The van der Waals surface area contributed by atoms with Gasteiger partial charge in [0.25, 0.3) is 0 Å². The molecule has 0 spiro atoms. The SMILES string of the molecule is CCOC(=O)c1cc(NC)c2c(Cl)cc(Cl)cc2n1. The molecule has 0 atom stereocenters. The van der Waals surface area contributed by atoms with Crippen LogP contribution in [0.15, 0.2) is 18.2 Å². The fourth-order valence-corrected chi connectivity index (χ4v) is 2.38. The monoisotopic (exact) mass is 298 g/mol. The first kappa shape index (κ1) is 13.9. The summed E-state index contributed by atoms with van der Waals surface area (Å²) in [4.78, 5) is 16.0. The number of ether oxygens (including phenoxy) is 1. The molecule has 6 heteroatoms. The first-order chi connectivity index (χ1) is 9.06. The molecule has 2 rings (SSSR count). The third-order valence-corrected chi connectivity index (χ3v) is 3.10. The topological polar surface area (TPSA) is 51.2 Å². The fraction of sp³-hybridized carbons (Fsp3) is 0.231. The minimum atomic E-state index is -0.475. The van der Waals surface area contributed by atoms with Crippen molar-refractivity contribution in [2.45, 2.75) is 6.92 Å². The Labute approximate surface area is 120 Å².